The highest BCUT2D eigenvalue weighted by molar-refractivity contribution is 5.86. The summed E-state index contributed by atoms with van der Waals surface area (Å²) in [6, 6.07) is 10.1. The average Bonchev–Trinajstić information content (AvgIpc) is 3.27. The number of nitrogens with zero attached hydrogens (tertiary/aromatic N) is 6. The Balaban J connectivity index is 1.89. The molecule has 1 atom stereocenters. The number of fused-ring (bicyclic) bond motifs is 1. The number of hydrogen-bond donors (Lipinski definition) is 0. The van der Waals surface area contributed by atoms with Gasteiger partial charge in [0.25, 0.3) is 0 Å². The van der Waals surface area contributed by atoms with E-state index in [1.807, 2.05) is 48.4 Å². The number of aryl methyl sites for hydroxylation is 1. The molecule has 1 aromatic carbocycles. The van der Waals surface area contributed by atoms with Gasteiger partial charge >= 0.3 is 0 Å². The van der Waals surface area contributed by atoms with E-state index in [0.717, 1.165) is 34.1 Å². The van der Waals surface area contributed by atoms with E-state index in [2.05, 4.69) is 52.5 Å². The molecular formula is C20H22N6. The van der Waals surface area contributed by atoms with Crippen molar-refractivity contribution in [1.29, 1.82) is 0 Å². The molecule has 3 heterocycles. The molecule has 0 aliphatic carbocycles. The molecule has 4 rings (SSSR count). The van der Waals surface area contributed by atoms with Gasteiger partial charge < -0.3 is 4.57 Å². The van der Waals surface area contributed by atoms with Crippen LogP contribution in [0.25, 0.3) is 16.6 Å². The van der Waals surface area contributed by atoms with Gasteiger partial charge in [0.15, 0.2) is 5.82 Å². The van der Waals surface area contributed by atoms with Crippen molar-refractivity contribution in [1.82, 2.24) is 29.3 Å². The fourth-order valence-corrected chi connectivity index (χ4v) is 3.36. The molecule has 0 spiro atoms. The fraction of sp³-hybridized carbons (Fsp3) is 0.300. The predicted molar refractivity (Wildman–Crippen MR) is 102 cm³/mol. The standard InChI is InChI=1S/C20H22N6/c1-13(2)19-22-11-12-25(19)14(3)20-23-15(4)24-26(20)17-9-5-7-16-8-6-10-21-18(16)17/h5-14H,1-4H3. The van der Waals surface area contributed by atoms with Crippen LogP contribution in [0.4, 0.5) is 0 Å². The third-order valence-corrected chi connectivity index (χ3v) is 4.58. The molecule has 0 aliphatic rings. The highest BCUT2D eigenvalue weighted by Crippen LogP contribution is 2.26. The molecule has 0 fully saturated rings. The van der Waals surface area contributed by atoms with Gasteiger partial charge in [-0.1, -0.05) is 32.0 Å². The molecule has 3 aromatic heterocycles. The van der Waals surface area contributed by atoms with Crippen LogP contribution in [0.2, 0.25) is 0 Å². The molecule has 0 saturated heterocycles. The van der Waals surface area contributed by atoms with Crippen molar-refractivity contribution >= 4 is 10.9 Å². The molecule has 6 heteroatoms. The van der Waals surface area contributed by atoms with Crippen LogP contribution in [-0.2, 0) is 0 Å². The van der Waals surface area contributed by atoms with Gasteiger partial charge in [0.1, 0.15) is 11.6 Å². The first-order valence-electron chi connectivity index (χ1n) is 8.86. The number of rotatable bonds is 4. The highest BCUT2D eigenvalue weighted by atomic mass is 15.4. The number of para-hydroxylation sites is 1. The molecule has 0 bridgehead atoms. The Morgan fingerprint density at radius 3 is 2.54 bits per heavy atom. The van der Waals surface area contributed by atoms with Gasteiger partial charge in [-0.3, -0.25) is 4.98 Å². The summed E-state index contributed by atoms with van der Waals surface area (Å²) in [5.41, 5.74) is 1.86. The van der Waals surface area contributed by atoms with Crippen LogP contribution >= 0.6 is 0 Å². The molecule has 1 unspecified atom stereocenters. The summed E-state index contributed by atoms with van der Waals surface area (Å²) in [6.07, 6.45) is 5.67. The summed E-state index contributed by atoms with van der Waals surface area (Å²) in [4.78, 5) is 13.8. The largest absolute Gasteiger partial charge is 0.324 e. The lowest BCUT2D eigenvalue weighted by atomic mass is 10.1. The normalized spacial score (nSPS) is 12.8. The molecule has 6 nitrogen and oxygen atoms in total. The molecule has 0 saturated carbocycles. The van der Waals surface area contributed by atoms with Crippen molar-refractivity contribution in [2.45, 2.75) is 39.7 Å². The molecule has 0 aliphatic heterocycles. The van der Waals surface area contributed by atoms with Gasteiger partial charge in [-0.15, -0.1) is 0 Å². The number of hydrogen-bond acceptors (Lipinski definition) is 4. The monoisotopic (exact) mass is 346 g/mol. The fourth-order valence-electron chi connectivity index (χ4n) is 3.36. The lowest BCUT2D eigenvalue weighted by Gasteiger charge is -2.18. The van der Waals surface area contributed by atoms with Crippen molar-refractivity contribution in [2.75, 3.05) is 0 Å². The predicted octanol–water partition coefficient (Wildman–Crippen LogP) is 4.05. The SMILES string of the molecule is Cc1nc(C(C)n2ccnc2C(C)C)n(-c2cccc3cccnc23)n1. The minimum atomic E-state index is 0.00932. The first kappa shape index (κ1) is 16.4. The van der Waals surface area contributed by atoms with Crippen LogP contribution < -0.4 is 0 Å². The third-order valence-electron chi connectivity index (χ3n) is 4.58. The summed E-state index contributed by atoms with van der Waals surface area (Å²) in [6.45, 7) is 8.35. The van der Waals surface area contributed by atoms with Gasteiger partial charge in [0.2, 0.25) is 0 Å². The number of pyridine rings is 1. The Kier molecular flexibility index (Phi) is 4.03. The second-order valence-corrected chi connectivity index (χ2v) is 6.80. The minimum Gasteiger partial charge on any atom is -0.324 e. The van der Waals surface area contributed by atoms with E-state index in [0.29, 0.717) is 5.92 Å². The summed E-state index contributed by atoms with van der Waals surface area (Å²) >= 11 is 0. The molecule has 4 aromatic rings. The second-order valence-electron chi connectivity index (χ2n) is 6.80. The Labute approximate surface area is 152 Å². The van der Waals surface area contributed by atoms with E-state index in [4.69, 9.17) is 4.98 Å². The zero-order valence-corrected chi connectivity index (χ0v) is 15.5. The average molecular weight is 346 g/mol. The molecule has 132 valence electrons. The van der Waals surface area contributed by atoms with Crippen LogP contribution in [0.5, 0.6) is 0 Å². The Hall–Kier alpha value is -3.02. The zero-order chi connectivity index (χ0) is 18.3. The van der Waals surface area contributed by atoms with Crippen molar-refractivity contribution in [3.05, 3.63) is 66.4 Å². The van der Waals surface area contributed by atoms with Gasteiger partial charge in [0, 0.05) is 29.9 Å². The molecule has 0 N–H and O–H groups in total. The number of imidazole rings is 1. The van der Waals surface area contributed by atoms with Gasteiger partial charge in [-0.05, 0) is 26.0 Å². The van der Waals surface area contributed by atoms with Gasteiger partial charge in [-0.2, -0.15) is 5.10 Å². The molecule has 0 amide bonds. The Morgan fingerprint density at radius 2 is 1.73 bits per heavy atom. The topological polar surface area (TPSA) is 61.4 Å². The summed E-state index contributed by atoms with van der Waals surface area (Å²) in [5, 5.41) is 5.75. The molecule has 0 radical (unpaired) electrons. The van der Waals surface area contributed by atoms with Gasteiger partial charge in [0.05, 0.1) is 17.2 Å². The van der Waals surface area contributed by atoms with Crippen LogP contribution in [0.1, 0.15) is 50.2 Å². The van der Waals surface area contributed by atoms with Crippen molar-refractivity contribution in [2.24, 2.45) is 0 Å². The lowest BCUT2D eigenvalue weighted by molar-refractivity contribution is 0.539. The number of benzene rings is 1. The van der Waals surface area contributed by atoms with Crippen LogP contribution in [0.15, 0.2) is 48.9 Å². The van der Waals surface area contributed by atoms with Crippen molar-refractivity contribution in [3.63, 3.8) is 0 Å². The van der Waals surface area contributed by atoms with Crippen molar-refractivity contribution < 1.29 is 0 Å². The third kappa shape index (κ3) is 2.67. The van der Waals surface area contributed by atoms with Crippen LogP contribution in [0, 0.1) is 6.92 Å². The van der Waals surface area contributed by atoms with E-state index in [9.17, 15) is 0 Å². The zero-order valence-electron chi connectivity index (χ0n) is 15.5. The van der Waals surface area contributed by atoms with E-state index < -0.39 is 0 Å². The maximum Gasteiger partial charge on any atom is 0.155 e. The molecule has 26 heavy (non-hydrogen) atoms. The first-order valence-corrected chi connectivity index (χ1v) is 8.86. The van der Waals surface area contributed by atoms with E-state index in [1.165, 1.54) is 0 Å². The first-order chi connectivity index (χ1) is 12.6. The quantitative estimate of drug-likeness (QED) is 0.559. The van der Waals surface area contributed by atoms with E-state index >= 15 is 0 Å². The number of aromatic nitrogens is 6. The highest BCUT2D eigenvalue weighted by Gasteiger charge is 2.22. The Bertz CT molecular complexity index is 1050. The van der Waals surface area contributed by atoms with E-state index in [-0.39, 0.29) is 6.04 Å². The second kappa shape index (κ2) is 6.37. The van der Waals surface area contributed by atoms with Gasteiger partial charge in [-0.25, -0.2) is 14.6 Å². The minimum absolute atomic E-state index is 0.00932. The lowest BCUT2D eigenvalue weighted by Crippen LogP contribution is -2.16. The smallest absolute Gasteiger partial charge is 0.155 e. The van der Waals surface area contributed by atoms with E-state index in [1.54, 1.807) is 0 Å². The Morgan fingerprint density at radius 1 is 0.923 bits per heavy atom. The maximum absolute atomic E-state index is 4.73. The summed E-state index contributed by atoms with van der Waals surface area (Å²) in [7, 11) is 0. The maximum atomic E-state index is 4.73. The van der Waals surface area contributed by atoms with Crippen LogP contribution in [-0.4, -0.2) is 29.3 Å². The molecular weight excluding hydrogens is 324 g/mol. The van der Waals surface area contributed by atoms with Crippen molar-refractivity contribution in [3.8, 4) is 5.69 Å². The summed E-state index contributed by atoms with van der Waals surface area (Å²) < 4.78 is 4.09. The summed E-state index contributed by atoms with van der Waals surface area (Å²) in [5.74, 6) is 3.00. The van der Waals surface area contributed by atoms with Crippen LogP contribution in [0.3, 0.4) is 0 Å².